The number of rotatable bonds is 5. The Balaban J connectivity index is 1.75. The molecule has 2 aromatic rings. The molecule has 1 unspecified atom stereocenters. The predicted octanol–water partition coefficient (Wildman–Crippen LogP) is 3.01. The van der Waals surface area contributed by atoms with E-state index in [1.54, 1.807) is 7.11 Å². The molecule has 1 heterocycles. The smallest absolute Gasteiger partial charge is 0.176 e. The zero-order chi connectivity index (χ0) is 14.2. The number of nitrogens with one attached hydrogen (secondary N) is 1. The van der Waals surface area contributed by atoms with Crippen LogP contribution in [0.4, 0.5) is 0 Å². The molecule has 1 aromatic heterocycles. The maximum absolute atomic E-state index is 10.1. The number of hydrogen-bond donors (Lipinski definition) is 2. The monoisotopic (exact) mass is 275 g/mol. The van der Waals surface area contributed by atoms with Crippen LogP contribution in [0.3, 0.4) is 0 Å². The van der Waals surface area contributed by atoms with Gasteiger partial charge in [-0.15, -0.1) is 0 Å². The molecule has 0 radical (unpaired) electrons. The van der Waals surface area contributed by atoms with Gasteiger partial charge in [-0.25, -0.2) is 0 Å². The summed E-state index contributed by atoms with van der Waals surface area (Å²) in [7, 11) is 1.64. The van der Waals surface area contributed by atoms with Crippen LogP contribution in [-0.2, 0) is 0 Å². The molecular formula is C16H21NO3. The van der Waals surface area contributed by atoms with Gasteiger partial charge < -0.3 is 19.6 Å². The highest BCUT2D eigenvalue weighted by Gasteiger charge is 2.34. The first kappa shape index (κ1) is 13.5. The summed E-state index contributed by atoms with van der Waals surface area (Å²) in [6.07, 6.45) is 2.90. The molecule has 0 bridgehead atoms. The Labute approximate surface area is 118 Å². The SMILES string of the molecule is COc1cccc2cc(C(C)NCC3(O)CCC3)oc12. The molecule has 0 amide bonds. The molecule has 20 heavy (non-hydrogen) atoms. The summed E-state index contributed by atoms with van der Waals surface area (Å²) in [5, 5.41) is 14.5. The van der Waals surface area contributed by atoms with Gasteiger partial charge in [0.05, 0.1) is 18.8 Å². The molecule has 4 nitrogen and oxygen atoms in total. The Morgan fingerprint density at radius 3 is 2.90 bits per heavy atom. The second kappa shape index (κ2) is 5.11. The van der Waals surface area contributed by atoms with Gasteiger partial charge in [0.25, 0.3) is 0 Å². The van der Waals surface area contributed by atoms with Gasteiger partial charge in [0.2, 0.25) is 0 Å². The van der Waals surface area contributed by atoms with Gasteiger partial charge in [0, 0.05) is 11.9 Å². The maximum Gasteiger partial charge on any atom is 0.176 e. The minimum Gasteiger partial charge on any atom is -0.493 e. The summed E-state index contributed by atoms with van der Waals surface area (Å²) in [4.78, 5) is 0. The van der Waals surface area contributed by atoms with E-state index in [1.165, 1.54) is 0 Å². The fourth-order valence-corrected chi connectivity index (χ4v) is 2.64. The highest BCUT2D eigenvalue weighted by Crippen LogP contribution is 2.33. The number of benzene rings is 1. The average molecular weight is 275 g/mol. The van der Waals surface area contributed by atoms with Gasteiger partial charge in [-0.1, -0.05) is 12.1 Å². The second-order valence-corrected chi connectivity index (χ2v) is 5.71. The quantitative estimate of drug-likeness (QED) is 0.880. The highest BCUT2D eigenvalue weighted by atomic mass is 16.5. The van der Waals surface area contributed by atoms with E-state index in [0.29, 0.717) is 6.54 Å². The van der Waals surface area contributed by atoms with E-state index in [4.69, 9.17) is 9.15 Å². The number of furan rings is 1. The zero-order valence-corrected chi connectivity index (χ0v) is 12.0. The fourth-order valence-electron chi connectivity index (χ4n) is 2.64. The number of ether oxygens (including phenoxy) is 1. The number of fused-ring (bicyclic) bond motifs is 1. The lowest BCUT2D eigenvalue weighted by molar-refractivity contribution is -0.0332. The maximum atomic E-state index is 10.1. The lowest BCUT2D eigenvalue weighted by Crippen LogP contribution is -2.46. The normalized spacial score (nSPS) is 18.8. The molecule has 108 valence electrons. The Bertz CT molecular complexity index is 601. The summed E-state index contributed by atoms with van der Waals surface area (Å²) in [5.41, 5.74) is 0.263. The van der Waals surface area contributed by atoms with Crippen LogP contribution in [0.2, 0.25) is 0 Å². The molecule has 0 saturated heterocycles. The van der Waals surface area contributed by atoms with E-state index in [9.17, 15) is 5.11 Å². The fraction of sp³-hybridized carbons (Fsp3) is 0.500. The molecular weight excluding hydrogens is 254 g/mol. The highest BCUT2D eigenvalue weighted by molar-refractivity contribution is 5.83. The molecule has 1 aliphatic rings. The third kappa shape index (κ3) is 2.41. The van der Waals surface area contributed by atoms with E-state index in [1.807, 2.05) is 31.2 Å². The molecule has 2 N–H and O–H groups in total. The van der Waals surface area contributed by atoms with Crippen molar-refractivity contribution >= 4 is 11.0 Å². The Hall–Kier alpha value is -1.52. The van der Waals surface area contributed by atoms with E-state index >= 15 is 0 Å². The van der Waals surface area contributed by atoms with Crippen molar-refractivity contribution < 1.29 is 14.3 Å². The standard InChI is InChI=1S/C16H21NO3/c1-11(17-10-16(18)7-4-8-16)14-9-12-5-3-6-13(19-2)15(12)20-14/h3,5-6,9,11,17-18H,4,7-8,10H2,1-2H3. The van der Waals surface area contributed by atoms with E-state index in [-0.39, 0.29) is 6.04 Å². The molecule has 0 spiro atoms. The number of methoxy groups -OCH3 is 1. The van der Waals surface area contributed by atoms with Crippen LogP contribution < -0.4 is 10.1 Å². The second-order valence-electron chi connectivity index (χ2n) is 5.71. The van der Waals surface area contributed by atoms with Gasteiger partial charge in [-0.2, -0.15) is 0 Å². The van der Waals surface area contributed by atoms with Crippen molar-refractivity contribution in [2.45, 2.75) is 37.8 Å². The van der Waals surface area contributed by atoms with Gasteiger partial charge >= 0.3 is 0 Å². The molecule has 1 saturated carbocycles. The number of hydrogen-bond acceptors (Lipinski definition) is 4. The number of para-hydroxylation sites is 1. The summed E-state index contributed by atoms with van der Waals surface area (Å²) in [6, 6.07) is 7.95. The topological polar surface area (TPSA) is 54.6 Å². The molecule has 4 heteroatoms. The lowest BCUT2D eigenvalue weighted by Gasteiger charge is -2.37. The third-order valence-corrected chi connectivity index (χ3v) is 4.20. The van der Waals surface area contributed by atoms with Crippen LogP contribution in [0, 0.1) is 0 Å². The van der Waals surface area contributed by atoms with E-state index in [0.717, 1.165) is 41.7 Å². The van der Waals surface area contributed by atoms with Gasteiger partial charge in [-0.3, -0.25) is 0 Å². The largest absolute Gasteiger partial charge is 0.493 e. The van der Waals surface area contributed by atoms with Gasteiger partial charge in [-0.05, 0) is 38.3 Å². The molecule has 1 aromatic carbocycles. The Morgan fingerprint density at radius 1 is 1.45 bits per heavy atom. The van der Waals surface area contributed by atoms with Crippen molar-refractivity contribution in [3.63, 3.8) is 0 Å². The van der Waals surface area contributed by atoms with Crippen molar-refractivity contribution in [1.82, 2.24) is 5.32 Å². The lowest BCUT2D eigenvalue weighted by atomic mass is 9.80. The van der Waals surface area contributed by atoms with E-state index < -0.39 is 5.60 Å². The van der Waals surface area contributed by atoms with E-state index in [2.05, 4.69) is 5.32 Å². The molecule has 0 aliphatic heterocycles. The summed E-state index contributed by atoms with van der Waals surface area (Å²) in [5.74, 6) is 1.62. The van der Waals surface area contributed by atoms with Gasteiger partial charge in [0.1, 0.15) is 5.76 Å². The summed E-state index contributed by atoms with van der Waals surface area (Å²) in [6.45, 7) is 2.66. The summed E-state index contributed by atoms with van der Waals surface area (Å²) >= 11 is 0. The Kier molecular flexibility index (Phi) is 3.44. The van der Waals surface area contributed by atoms with Crippen LogP contribution in [0.15, 0.2) is 28.7 Å². The Morgan fingerprint density at radius 2 is 2.25 bits per heavy atom. The first-order valence-electron chi connectivity index (χ1n) is 7.13. The zero-order valence-electron chi connectivity index (χ0n) is 12.0. The van der Waals surface area contributed by atoms with Crippen molar-refractivity contribution in [3.05, 3.63) is 30.0 Å². The molecule has 1 atom stereocenters. The molecule has 3 rings (SSSR count). The third-order valence-electron chi connectivity index (χ3n) is 4.20. The first-order chi connectivity index (χ1) is 9.61. The van der Waals surface area contributed by atoms with Crippen molar-refractivity contribution in [2.24, 2.45) is 0 Å². The van der Waals surface area contributed by atoms with Crippen molar-refractivity contribution in [1.29, 1.82) is 0 Å². The molecule has 1 fully saturated rings. The molecule has 1 aliphatic carbocycles. The minimum absolute atomic E-state index is 0.0664. The van der Waals surface area contributed by atoms with Crippen molar-refractivity contribution in [2.75, 3.05) is 13.7 Å². The van der Waals surface area contributed by atoms with Crippen LogP contribution in [0.1, 0.15) is 38.0 Å². The van der Waals surface area contributed by atoms with Crippen LogP contribution in [0.5, 0.6) is 5.75 Å². The summed E-state index contributed by atoms with van der Waals surface area (Å²) < 4.78 is 11.2. The van der Waals surface area contributed by atoms with Crippen LogP contribution >= 0.6 is 0 Å². The van der Waals surface area contributed by atoms with Crippen molar-refractivity contribution in [3.8, 4) is 5.75 Å². The predicted molar refractivity (Wildman–Crippen MR) is 78.0 cm³/mol. The van der Waals surface area contributed by atoms with Gasteiger partial charge in [0.15, 0.2) is 11.3 Å². The van der Waals surface area contributed by atoms with Crippen LogP contribution in [-0.4, -0.2) is 24.4 Å². The number of aliphatic hydroxyl groups is 1. The first-order valence-corrected chi connectivity index (χ1v) is 7.13. The average Bonchev–Trinajstić information content (AvgIpc) is 2.86. The van der Waals surface area contributed by atoms with Crippen LogP contribution in [0.25, 0.3) is 11.0 Å². The minimum atomic E-state index is -0.516.